The molecule has 1 aliphatic heterocycles. The van der Waals surface area contributed by atoms with E-state index in [9.17, 15) is 4.79 Å². The Balaban J connectivity index is 2.02. The molecular weight excluding hydrogens is 316 g/mol. The lowest BCUT2D eigenvalue weighted by Crippen LogP contribution is -2.43. The molecule has 20 heavy (non-hydrogen) atoms. The molecule has 110 valence electrons. The second-order valence-electron chi connectivity index (χ2n) is 5.54. The minimum absolute atomic E-state index is 0.0311. The number of benzene rings is 1. The van der Waals surface area contributed by atoms with Crippen molar-refractivity contribution in [3.8, 4) is 0 Å². The van der Waals surface area contributed by atoms with Gasteiger partial charge in [0.2, 0.25) is 5.91 Å². The van der Waals surface area contributed by atoms with E-state index in [-0.39, 0.29) is 11.9 Å². The van der Waals surface area contributed by atoms with Gasteiger partial charge in [0.1, 0.15) is 0 Å². The highest BCUT2D eigenvalue weighted by Gasteiger charge is 2.30. The highest BCUT2D eigenvalue weighted by atomic mass is 79.9. The lowest BCUT2D eigenvalue weighted by Gasteiger charge is -2.25. The summed E-state index contributed by atoms with van der Waals surface area (Å²) in [5, 5.41) is 3.30. The quantitative estimate of drug-likeness (QED) is 0.837. The molecule has 2 atom stereocenters. The van der Waals surface area contributed by atoms with E-state index >= 15 is 0 Å². The molecule has 0 saturated carbocycles. The van der Waals surface area contributed by atoms with Gasteiger partial charge >= 0.3 is 0 Å². The van der Waals surface area contributed by atoms with Gasteiger partial charge in [-0.1, -0.05) is 52.7 Å². The van der Waals surface area contributed by atoms with Crippen molar-refractivity contribution >= 4 is 21.8 Å². The molecule has 3 nitrogen and oxygen atoms in total. The number of rotatable bonds is 5. The van der Waals surface area contributed by atoms with Gasteiger partial charge in [-0.25, -0.2) is 0 Å². The molecule has 0 aliphatic carbocycles. The smallest absolute Gasteiger partial charge is 0.240 e. The maximum atomic E-state index is 12.6. The first-order valence-corrected chi connectivity index (χ1v) is 8.23. The van der Waals surface area contributed by atoms with Gasteiger partial charge < -0.3 is 10.2 Å². The number of hydrogen-bond donors (Lipinski definition) is 1. The molecule has 2 unspecified atom stereocenters. The molecule has 0 radical (unpaired) electrons. The number of hydrogen-bond acceptors (Lipinski definition) is 2. The molecule has 1 heterocycles. The third kappa shape index (κ3) is 4.06. The molecule has 1 fully saturated rings. The lowest BCUT2D eigenvalue weighted by molar-refractivity contribution is -0.133. The molecule has 1 aromatic rings. The molecule has 0 aromatic heterocycles. The van der Waals surface area contributed by atoms with E-state index in [1.165, 1.54) is 11.1 Å². The van der Waals surface area contributed by atoms with Gasteiger partial charge in [-0.3, -0.25) is 4.79 Å². The van der Waals surface area contributed by atoms with Crippen LogP contribution in [0.3, 0.4) is 0 Å². The van der Waals surface area contributed by atoms with Gasteiger partial charge in [0.25, 0.3) is 0 Å². The van der Waals surface area contributed by atoms with Crippen molar-refractivity contribution < 1.29 is 4.79 Å². The Morgan fingerprint density at radius 3 is 2.65 bits per heavy atom. The van der Waals surface area contributed by atoms with Crippen LogP contribution < -0.4 is 5.32 Å². The summed E-state index contributed by atoms with van der Waals surface area (Å²) in [5.41, 5.74) is 2.45. The van der Waals surface area contributed by atoms with E-state index in [4.69, 9.17) is 0 Å². The Bertz CT molecular complexity index is 446. The second kappa shape index (κ2) is 7.23. The molecule has 1 aromatic carbocycles. The van der Waals surface area contributed by atoms with Crippen LogP contribution in [0.1, 0.15) is 30.9 Å². The van der Waals surface area contributed by atoms with Gasteiger partial charge in [-0.05, 0) is 25.3 Å². The van der Waals surface area contributed by atoms with Crippen LogP contribution in [0.2, 0.25) is 0 Å². The zero-order chi connectivity index (χ0) is 14.5. The van der Waals surface area contributed by atoms with E-state index in [1.807, 2.05) is 4.90 Å². The molecular formula is C16H23BrN2O. The van der Waals surface area contributed by atoms with E-state index in [0.29, 0.717) is 11.4 Å². The average Bonchev–Trinajstić information content (AvgIpc) is 2.86. The van der Waals surface area contributed by atoms with Crippen LogP contribution in [-0.4, -0.2) is 34.8 Å². The average molecular weight is 339 g/mol. The minimum atomic E-state index is -0.0311. The molecule has 4 heteroatoms. The van der Waals surface area contributed by atoms with Crippen LogP contribution in [0.25, 0.3) is 0 Å². The Morgan fingerprint density at radius 2 is 2.10 bits per heavy atom. The fourth-order valence-corrected chi connectivity index (χ4v) is 3.11. The Morgan fingerprint density at radius 1 is 1.40 bits per heavy atom. The van der Waals surface area contributed by atoms with Crippen LogP contribution in [0, 0.1) is 6.92 Å². The van der Waals surface area contributed by atoms with Gasteiger partial charge in [-0.15, -0.1) is 0 Å². The summed E-state index contributed by atoms with van der Waals surface area (Å²) in [6.45, 7) is 6.60. The van der Waals surface area contributed by atoms with Crippen molar-refractivity contribution in [2.75, 3.05) is 13.1 Å². The molecule has 1 saturated heterocycles. The van der Waals surface area contributed by atoms with E-state index in [0.717, 1.165) is 25.9 Å². The number of carbonyl (C=O) groups is 1. The van der Waals surface area contributed by atoms with Crippen molar-refractivity contribution in [1.82, 2.24) is 10.2 Å². The van der Waals surface area contributed by atoms with Crippen LogP contribution >= 0.6 is 15.9 Å². The largest absolute Gasteiger partial charge is 0.337 e. The number of aryl methyl sites for hydroxylation is 1. The highest BCUT2D eigenvalue weighted by Crippen LogP contribution is 2.18. The number of amides is 1. The summed E-state index contributed by atoms with van der Waals surface area (Å²) in [6, 6.07) is 8.40. The zero-order valence-corrected chi connectivity index (χ0v) is 13.8. The predicted molar refractivity (Wildman–Crippen MR) is 86.0 cm³/mol. The molecule has 2 rings (SSSR count). The summed E-state index contributed by atoms with van der Waals surface area (Å²) < 4.78 is 0. The van der Waals surface area contributed by atoms with Crippen molar-refractivity contribution in [1.29, 1.82) is 0 Å². The summed E-state index contributed by atoms with van der Waals surface area (Å²) in [7, 11) is 0. The highest BCUT2D eigenvalue weighted by molar-refractivity contribution is 9.09. The van der Waals surface area contributed by atoms with E-state index < -0.39 is 0 Å². The SMILES string of the molecule is CCCN(Cc1ccc(C)cc1)C(=O)C1CC(Br)CN1. The number of halogens is 1. The van der Waals surface area contributed by atoms with Crippen LogP contribution in [-0.2, 0) is 11.3 Å². The molecule has 1 N–H and O–H groups in total. The van der Waals surface area contributed by atoms with Crippen LogP contribution in [0.4, 0.5) is 0 Å². The number of nitrogens with one attached hydrogen (secondary N) is 1. The normalized spacial score (nSPS) is 21.9. The summed E-state index contributed by atoms with van der Waals surface area (Å²) in [5.74, 6) is 0.231. The van der Waals surface area contributed by atoms with E-state index in [2.05, 4.69) is 59.4 Å². The predicted octanol–water partition coefficient (Wildman–Crippen LogP) is 2.86. The standard InChI is InChI=1S/C16H23BrN2O/c1-3-8-19(11-13-6-4-12(2)5-7-13)16(20)15-9-14(17)10-18-15/h4-7,14-15,18H,3,8-11H2,1-2H3. The Labute approximate surface area is 129 Å². The number of nitrogens with zero attached hydrogens (tertiary/aromatic N) is 1. The van der Waals surface area contributed by atoms with Gasteiger partial charge in [-0.2, -0.15) is 0 Å². The van der Waals surface area contributed by atoms with Gasteiger partial charge in [0.15, 0.2) is 0 Å². The lowest BCUT2D eigenvalue weighted by atomic mass is 10.1. The van der Waals surface area contributed by atoms with E-state index in [1.54, 1.807) is 0 Å². The third-order valence-electron chi connectivity index (χ3n) is 3.67. The van der Waals surface area contributed by atoms with Crippen LogP contribution in [0.15, 0.2) is 24.3 Å². The second-order valence-corrected chi connectivity index (χ2v) is 6.83. The molecule has 1 amide bonds. The Hall–Kier alpha value is -0.870. The van der Waals surface area contributed by atoms with Crippen LogP contribution in [0.5, 0.6) is 0 Å². The van der Waals surface area contributed by atoms with Crippen molar-refractivity contribution in [3.63, 3.8) is 0 Å². The van der Waals surface area contributed by atoms with Crippen molar-refractivity contribution in [2.45, 2.75) is 44.1 Å². The van der Waals surface area contributed by atoms with Gasteiger partial charge in [0, 0.05) is 24.5 Å². The van der Waals surface area contributed by atoms with Crippen molar-refractivity contribution in [3.05, 3.63) is 35.4 Å². The summed E-state index contributed by atoms with van der Waals surface area (Å²) in [6.07, 6.45) is 1.87. The maximum Gasteiger partial charge on any atom is 0.240 e. The topological polar surface area (TPSA) is 32.3 Å². The monoisotopic (exact) mass is 338 g/mol. The maximum absolute atomic E-state index is 12.6. The number of carbonyl (C=O) groups excluding carboxylic acids is 1. The molecule has 0 spiro atoms. The van der Waals surface area contributed by atoms with Gasteiger partial charge in [0.05, 0.1) is 6.04 Å². The first-order chi connectivity index (χ1) is 9.60. The first kappa shape index (κ1) is 15.5. The third-order valence-corrected chi connectivity index (χ3v) is 4.37. The fraction of sp³-hybridized carbons (Fsp3) is 0.562. The first-order valence-electron chi connectivity index (χ1n) is 7.32. The minimum Gasteiger partial charge on any atom is -0.337 e. The Kier molecular flexibility index (Phi) is 5.61. The molecule has 0 bridgehead atoms. The molecule has 1 aliphatic rings. The zero-order valence-electron chi connectivity index (χ0n) is 12.2. The number of alkyl halides is 1. The van der Waals surface area contributed by atoms with Crippen molar-refractivity contribution in [2.24, 2.45) is 0 Å². The fourth-order valence-electron chi connectivity index (χ4n) is 2.55. The summed E-state index contributed by atoms with van der Waals surface area (Å²) in [4.78, 5) is 15.0. The summed E-state index contributed by atoms with van der Waals surface area (Å²) >= 11 is 3.58.